The van der Waals surface area contributed by atoms with Crippen LogP contribution < -0.4 is 5.73 Å². The lowest BCUT2D eigenvalue weighted by Crippen LogP contribution is -2.69. The van der Waals surface area contributed by atoms with Gasteiger partial charge in [-0.25, -0.2) is 9.59 Å². The van der Waals surface area contributed by atoms with Gasteiger partial charge in [0.05, 0.1) is 75.7 Å². The molecule has 8 saturated heterocycles. The largest absolute Gasteiger partial charge is 0.457 e. The molecule has 8 aliphatic heterocycles. The Hall–Kier alpha value is -5.49. The van der Waals surface area contributed by atoms with E-state index in [4.69, 9.17) is 95.7 Å². The zero-order valence-electron chi connectivity index (χ0n) is 84.3. The maximum absolute atomic E-state index is 13.8. The first-order valence-corrected chi connectivity index (χ1v) is 50.5. The highest BCUT2D eigenvalue weighted by Gasteiger charge is 2.61. The maximum atomic E-state index is 13.8. The van der Waals surface area contributed by atoms with Gasteiger partial charge in [-0.1, -0.05) is 202 Å². The molecule has 41 nitrogen and oxygen atoms in total. The first-order valence-electron chi connectivity index (χ1n) is 50.5. The van der Waals surface area contributed by atoms with Crippen LogP contribution in [0.3, 0.4) is 0 Å². The molecule has 16 unspecified atom stereocenters. The Morgan fingerprint density at radius 2 is 0.725 bits per heavy atom. The molecule has 8 fully saturated rings. The van der Waals surface area contributed by atoms with Crippen molar-refractivity contribution in [1.29, 1.82) is 0 Å². The van der Waals surface area contributed by atoms with Crippen LogP contribution in [0, 0.1) is 65.1 Å². The number of aliphatic hydroxyl groups is 17. The van der Waals surface area contributed by atoms with Crippen LogP contribution in [0.1, 0.15) is 171 Å². The number of nitrogens with zero attached hydrogens (tertiary/aromatic N) is 1. The summed E-state index contributed by atoms with van der Waals surface area (Å²) in [6, 6.07) is 28.6. The molecular weight excluding hydrogens is 1870 g/mol. The van der Waals surface area contributed by atoms with Crippen molar-refractivity contribution in [2.45, 2.75) is 390 Å². The van der Waals surface area contributed by atoms with Crippen molar-refractivity contribution < 1.29 is 191 Å². The van der Waals surface area contributed by atoms with Crippen LogP contribution in [-0.2, 0) is 108 Å². The summed E-state index contributed by atoms with van der Waals surface area (Å²) in [4.78, 5) is 42.5. The molecule has 0 radical (unpaired) electrons. The van der Waals surface area contributed by atoms with E-state index in [-0.39, 0.29) is 116 Å². The van der Waals surface area contributed by atoms with Crippen molar-refractivity contribution in [3.63, 3.8) is 0 Å². The van der Waals surface area contributed by atoms with Crippen LogP contribution in [0.4, 0.5) is 4.79 Å². The number of hydrogen-bond donors (Lipinski definition) is 18. The first-order chi connectivity index (χ1) is 67.7. The fraction of sp³-hybridized carbons (Fsp3) is 0.792. The van der Waals surface area contributed by atoms with Crippen LogP contribution in [0.25, 0.3) is 0 Å². The second kappa shape index (κ2) is 55.9. The quantitative estimate of drug-likeness (QED) is 0.0219. The normalized spacial score (nSPS) is 39.5. The Balaban J connectivity index is 0.000000316. The van der Waals surface area contributed by atoms with E-state index in [1.807, 2.05) is 78.9 Å². The van der Waals surface area contributed by atoms with Gasteiger partial charge in [-0.15, -0.1) is 0 Å². The van der Waals surface area contributed by atoms with Gasteiger partial charge in [-0.3, -0.25) is 4.79 Å². The fourth-order valence-electron chi connectivity index (χ4n) is 20.0. The lowest BCUT2D eigenvalue weighted by molar-refractivity contribution is -0.402. The Labute approximate surface area is 831 Å². The summed E-state index contributed by atoms with van der Waals surface area (Å²) in [6.45, 7) is 31.1. The molecule has 11 rings (SSSR count). The third-order valence-corrected chi connectivity index (χ3v) is 30.2. The SMILES string of the molecule is CC[C@@H](C)C1O[C@H](O[C@H](CC)C2O[C@H](OC3[C@@H](OC4[C@@H](OCCCN(Cc5ccccc5)C(=O)OCc5ccccc5)OC([C@H](C)CC)[C@@H](C)[C@@H]4C)OC([C@H](C)CC)[C@@H](C)[C@@H]3C)C(OC(C)=O)[C@@H](C)[C@@H]2C)C(OC(=O)c2ccccc2)[C@@H](C)[C@@H]1C.NCCCO[C@H]1OC([C@H](O)CO)[C@@H](O)[C@H](O)C1O[C@H]1OC([C@H](O)CO)[C@@H](O)[C@H](O)C1O[C@H]1OC([C@@H](CO)O[C@H]2OC([C@H](O)CO)[C@@H](O)[C@H](O)C2O)[C@@H](O)[C@H](O)C1O. The molecule has 8 heterocycles. The van der Waals surface area contributed by atoms with Gasteiger partial charge in [-0.05, 0) is 102 Å². The second-order valence-corrected chi connectivity index (χ2v) is 39.8. The van der Waals surface area contributed by atoms with Gasteiger partial charge in [0.2, 0.25) is 0 Å². The summed E-state index contributed by atoms with van der Waals surface area (Å²) in [5.41, 5.74) is 7.89. The number of amides is 1. The van der Waals surface area contributed by atoms with Gasteiger partial charge in [-0.2, -0.15) is 0 Å². The third-order valence-electron chi connectivity index (χ3n) is 30.2. The molecule has 0 saturated carbocycles. The summed E-state index contributed by atoms with van der Waals surface area (Å²) < 4.78 is 121. The number of carbonyl (C=O) groups is 3. The van der Waals surface area contributed by atoms with Crippen LogP contribution >= 0.6 is 0 Å². The van der Waals surface area contributed by atoms with Gasteiger partial charge < -0.3 is 187 Å². The Morgan fingerprint density at radius 1 is 0.366 bits per heavy atom. The fourth-order valence-corrected chi connectivity index (χ4v) is 20.0. The van der Waals surface area contributed by atoms with E-state index in [0.29, 0.717) is 31.5 Å². The van der Waals surface area contributed by atoms with Gasteiger partial charge in [0.1, 0.15) is 141 Å². The molecule has 0 aliphatic carbocycles. The summed E-state index contributed by atoms with van der Waals surface area (Å²) >= 11 is 0. The van der Waals surface area contributed by atoms with Crippen molar-refractivity contribution in [2.24, 2.45) is 70.8 Å². The van der Waals surface area contributed by atoms with E-state index in [1.54, 1.807) is 17.0 Å². The molecular formula is C101H162N2O39. The minimum absolute atomic E-state index is 0.0373. The zero-order chi connectivity index (χ0) is 104. The molecule has 0 spiro atoms. The lowest BCUT2D eigenvalue weighted by atomic mass is 9.77. The van der Waals surface area contributed by atoms with Gasteiger partial charge in [0.25, 0.3) is 0 Å². The van der Waals surface area contributed by atoms with Crippen LogP contribution in [0.15, 0.2) is 91.0 Å². The van der Waals surface area contributed by atoms with Crippen molar-refractivity contribution >= 4 is 18.0 Å². The number of rotatable bonds is 44. The number of aliphatic hydroxyl groups excluding tert-OH is 17. The number of ether oxygens (including phenoxy) is 19. The highest BCUT2D eigenvalue weighted by atomic mass is 16.8. The monoisotopic (exact) mass is 2030 g/mol. The molecule has 48 atom stereocenters. The molecule has 3 aromatic rings. The minimum Gasteiger partial charge on any atom is -0.457 e. The van der Waals surface area contributed by atoms with Crippen molar-refractivity contribution in [2.75, 3.05) is 52.7 Å². The summed E-state index contributed by atoms with van der Waals surface area (Å²) in [5.74, 6) is -0.720. The molecule has 19 N–H and O–H groups in total. The first kappa shape index (κ1) is 118. The van der Waals surface area contributed by atoms with Crippen molar-refractivity contribution in [1.82, 2.24) is 4.90 Å². The molecule has 142 heavy (non-hydrogen) atoms. The van der Waals surface area contributed by atoms with E-state index in [1.165, 1.54) is 6.92 Å². The van der Waals surface area contributed by atoms with Gasteiger partial charge in [0.15, 0.2) is 62.5 Å². The van der Waals surface area contributed by atoms with E-state index in [0.717, 1.165) is 30.4 Å². The van der Waals surface area contributed by atoms with Gasteiger partial charge >= 0.3 is 18.0 Å². The predicted molar refractivity (Wildman–Crippen MR) is 502 cm³/mol. The topological polar surface area (TPSA) is 600 Å². The van der Waals surface area contributed by atoms with E-state index >= 15 is 0 Å². The van der Waals surface area contributed by atoms with Crippen LogP contribution in [0.2, 0.25) is 0 Å². The summed E-state index contributed by atoms with van der Waals surface area (Å²) in [6.07, 6.45) is -51.7. The number of hydrogen-bond acceptors (Lipinski definition) is 40. The minimum atomic E-state index is -2.22. The maximum Gasteiger partial charge on any atom is 0.410 e. The number of nitrogens with two attached hydrogens (primary N) is 1. The van der Waals surface area contributed by atoms with E-state index < -0.39 is 253 Å². The summed E-state index contributed by atoms with van der Waals surface area (Å²) in [5, 5.41) is 177. The second-order valence-electron chi connectivity index (χ2n) is 39.8. The molecule has 41 heteroatoms. The van der Waals surface area contributed by atoms with E-state index in [2.05, 4.69) is 104 Å². The summed E-state index contributed by atoms with van der Waals surface area (Å²) in [7, 11) is 0. The highest BCUT2D eigenvalue weighted by Crippen LogP contribution is 2.48. The smallest absolute Gasteiger partial charge is 0.410 e. The standard InChI is InChI=1S/C70H105NO14.C31H57NO25/c1-17-41(5)57-44(8)48(12)61(66(80-57)75-38-30-37-71(39-53-31-24-21-25-32-53)70(74)76-40-54-33-26-22-27-34-54)84-69-64(50(14)46(10)59(82-69)43(7)19-3)85-68-62(77-52(16)72)51(15)47(11)60(83-68)56(20-4)78-67-63(79-65(73)55-35-28-23-29-36-55)49(13)45(9)58(81-67)42(6)18-2;32-2-1-3-50-30-26(18(46)16(44)23(53-30)9(38)5-34)57-31-27(19(47)17(45)24(54-31)10(39)6-35)56-29-21(49)13(41)15(43)25(55-29)11(7-36)51-28-20(48)12(40)14(42)22(52-28)8(37)4-33/h21-29,31-36,41-51,56-64,66-69H,17-20,30,37-40H2,1-16H3;8-31,33-49H,1-7,32H2/t41-,42-,43-,44+,45+,46+,47+,48+,49+,50+,51+,56-,57?,58?,59?,60?,61?,62?,63?,64?,66+,67+,68-,69-;8-,9-,10-,11-,12+,13+,14+,15+,16+,17+,18+,19+,20?,21?,22?,23?,24?,25?,26?,27?,28+,29-,30+,31-/m11/s1. The molecule has 810 valence electrons. The van der Waals surface area contributed by atoms with Crippen molar-refractivity contribution in [3.8, 4) is 0 Å². The Kier molecular flexibility index (Phi) is 46.6. The molecule has 1 amide bonds. The lowest BCUT2D eigenvalue weighted by Gasteiger charge is -2.53. The number of esters is 2. The highest BCUT2D eigenvalue weighted by molar-refractivity contribution is 5.89. The molecule has 8 aliphatic rings. The Morgan fingerprint density at radius 3 is 1.21 bits per heavy atom. The molecule has 0 bridgehead atoms. The zero-order valence-corrected chi connectivity index (χ0v) is 84.3. The third kappa shape index (κ3) is 29.0. The average Bonchev–Trinajstić information content (AvgIpc) is 0.579. The van der Waals surface area contributed by atoms with E-state index in [9.17, 15) is 101 Å². The Bertz CT molecular complexity index is 4140. The number of benzene rings is 3. The van der Waals surface area contributed by atoms with Crippen LogP contribution in [0.5, 0.6) is 0 Å². The molecule has 0 aromatic heterocycles. The van der Waals surface area contributed by atoms with Gasteiger partial charge in [0, 0.05) is 31.8 Å². The number of carbonyl (C=O) groups excluding carboxylic acids is 3. The van der Waals surface area contributed by atoms with Crippen LogP contribution in [-0.4, -0.2) is 390 Å². The van der Waals surface area contributed by atoms with Crippen molar-refractivity contribution in [3.05, 3.63) is 108 Å². The average molecular weight is 2030 g/mol. The molecule has 3 aromatic carbocycles. The predicted octanol–water partition coefficient (Wildman–Crippen LogP) is 2.15.